The molecule has 2 aromatic heterocycles. The van der Waals surface area contributed by atoms with Gasteiger partial charge in [-0.25, -0.2) is 9.50 Å². The van der Waals surface area contributed by atoms with Crippen LogP contribution in [-0.4, -0.2) is 32.6 Å². The molecule has 4 aromatic rings. The lowest BCUT2D eigenvalue weighted by molar-refractivity contribution is -0.115. The number of methoxy groups -OCH3 is 1. The molecule has 170 valence electrons. The maximum atomic E-state index is 12.7. The summed E-state index contributed by atoms with van der Waals surface area (Å²) in [6.07, 6.45) is 0.188. The number of anilines is 1. The third kappa shape index (κ3) is 4.72. The number of hydrogen-bond acceptors (Lipinski definition) is 5. The van der Waals surface area contributed by atoms with Gasteiger partial charge < -0.3 is 10.1 Å². The van der Waals surface area contributed by atoms with Crippen molar-refractivity contribution in [3.05, 3.63) is 71.0 Å². The Kier molecular flexibility index (Phi) is 5.89. The quantitative estimate of drug-likeness (QED) is 0.475. The summed E-state index contributed by atoms with van der Waals surface area (Å²) >= 11 is 0. The molecule has 0 aliphatic rings. The third-order valence-electron chi connectivity index (χ3n) is 5.75. The summed E-state index contributed by atoms with van der Waals surface area (Å²) in [6.45, 7) is 10.4. The van der Waals surface area contributed by atoms with Crippen molar-refractivity contribution in [2.45, 2.75) is 46.5 Å². The van der Waals surface area contributed by atoms with Crippen LogP contribution < -0.4 is 10.1 Å². The molecular formula is C26H29N5O2. The molecule has 0 saturated carbocycles. The van der Waals surface area contributed by atoms with Gasteiger partial charge in [-0.2, -0.15) is 4.98 Å². The van der Waals surface area contributed by atoms with E-state index >= 15 is 0 Å². The second-order valence-electron chi connectivity index (χ2n) is 9.19. The average Bonchev–Trinajstić information content (AvgIpc) is 3.20. The van der Waals surface area contributed by atoms with E-state index in [-0.39, 0.29) is 17.7 Å². The fourth-order valence-corrected chi connectivity index (χ4v) is 3.77. The summed E-state index contributed by atoms with van der Waals surface area (Å²) in [6, 6.07) is 15.6. The summed E-state index contributed by atoms with van der Waals surface area (Å²) in [7, 11) is 1.60. The molecule has 0 aliphatic heterocycles. The van der Waals surface area contributed by atoms with Crippen LogP contribution >= 0.6 is 0 Å². The predicted octanol–water partition coefficient (Wildman–Crippen LogP) is 4.90. The number of aryl methyl sites for hydroxylation is 2. The zero-order valence-electron chi connectivity index (χ0n) is 19.9. The van der Waals surface area contributed by atoms with Gasteiger partial charge in [-0.3, -0.25) is 4.79 Å². The lowest BCUT2D eigenvalue weighted by atomic mass is 9.87. The first-order chi connectivity index (χ1) is 15.7. The molecule has 1 N–H and O–H groups in total. The number of rotatable bonds is 5. The van der Waals surface area contributed by atoms with Gasteiger partial charge in [0.2, 0.25) is 5.91 Å². The average molecular weight is 444 g/mol. The predicted molar refractivity (Wildman–Crippen MR) is 130 cm³/mol. The lowest BCUT2D eigenvalue weighted by Crippen LogP contribution is -2.17. The highest BCUT2D eigenvalue weighted by atomic mass is 16.5. The summed E-state index contributed by atoms with van der Waals surface area (Å²) in [5, 5.41) is 7.61. The molecule has 1 amide bonds. The van der Waals surface area contributed by atoms with Gasteiger partial charge in [0.05, 0.1) is 13.5 Å². The van der Waals surface area contributed by atoms with Crippen molar-refractivity contribution in [1.82, 2.24) is 19.6 Å². The van der Waals surface area contributed by atoms with Gasteiger partial charge in [-0.05, 0) is 37.0 Å². The molecular weight excluding hydrogens is 414 g/mol. The molecule has 2 heterocycles. The van der Waals surface area contributed by atoms with Crippen molar-refractivity contribution in [3.8, 4) is 17.1 Å². The topological polar surface area (TPSA) is 81.4 Å². The summed E-state index contributed by atoms with van der Waals surface area (Å²) < 4.78 is 6.94. The van der Waals surface area contributed by atoms with Crippen LogP contribution in [-0.2, 0) is 16.6 Å². The van der Waals surface area contributed by atoms with Gasteiger partial charge in [0.25, 0.3) is 5.78 Å². The number of amides is 1. The minimum atomic E-state index is -0.131. The Balaban J connectivity index is 1.60. The Morgan fingerprint density at radius 2 is 1.79 bits per heavy atom. The monoisotopic (exact) mass is 443 g/mol. The molecule has 0 bridgehead atoms. The number of aromatic nitrogens is 4. The fourth-order valence-electron chi connectivity index (χ4n) is 3.77. The van der Waals surface area contributed by atoms with Gasteiger partial charge in [0.15, 0.2) is 5.82 Å². The van der Waals surface area contributed by atoms with E-state index in [1.807, 2.05) is 44.2 Å². The normalized spacial score (nSPS) is 11.6. The molecule has 0 spiro atoms. The van der Waals surface area contributed by atoms with E-state index in [0.717, 1.165) is 22.5 Å². The van der Waals surface area contributed by atoms with Crippen LogP contribution in [0.15, 0.2) is 48.5 Å². The molecule has 4 rings (SSSR count). The first-order valence-electron chi connectivity index (χ1n) is 10.9. The van der Waals surface area contributed by atoms with Gasteiger partial charge in [0, 0.05) is 34.3 Å². The molecule has 0 unspecified atom stereocenters. The van der Waals surface area contributed by atoms with Crippen molar-refractivity contribution in [2.75, 3.05) is 12.4 Å². The lowest BCUT2D eigenvalue weighted by Gasteiger charge is -2.18. The van der Waals surface area contributed by atoms with E-state index in [0.29, 0.717) is 23.0 Å². The summed E-state index contributed by atoms with van der Waals surface area (Å²) in [4.78, 5) is 22.0. The molecule has 7 heteroatoms. The molecule has 0 fully saturated rings. The second-order valence-corrected chi connectivity index (χ2v) is 9.19. The van der Waals surface area contributed by atoms with Crippen molar-refractivity contribution in [2.24, 2.45) is 0 Å². The zero-order valence-corrected chi connectivity index (χ0v) is 19.9. The van der Waals surface area contributed by atoms with Crippen LogP contribution in [0, 0.1) is 13.8 Å². The highest BCUT2D eigenvalue weighted by Gasteiger charge is 2.18. The Morgan fingerprint density at radius 1 is 1.06 bits per heavy atom. The van der Waals surface area contributed by atoms with Crippen LogP contribution in [0.3, 0.4) is 0 Å². The standard InChI is InChI=1S/C26H29N5O2/c1-16-22(15-23(32)28-20-8-7-9-21(14-20)33-6)17(2)31-25(27-16)29-24(30-31)18-10-12-19(13-11-18)26(3,4)5/h7-14H,15H2,1-6H3,(H,28,32). The van der Waals surface area contributed by atoms with Crippen LogP contribution in [0.2, 0.25) is 0 Å². The molecule has 0 radical (unpaired) electrons. The molecule has 33 heavy (non-hydrogen) atoms. The highest BCUT2D eigenvalue weighted by molar-refractivity contribution is 5.92. The molecule has 0 atom stereocenters. The maximum Gasteiger partial charge on any atom is 0.253 e. The van der Waals surface area contributed by atoms with Gasteiger partial charge in [0.1, 0.15) is 5.75 Å². The zero-order chi connectivity index (χ0) is 23.8. The number of nitrogens with zero attached hydrogens (tertiary/aromatic N) is 4. The largest absolute Gasteiger partial charge is 0.497 e. The van der Waals surface area contributed by atoms with E-state index < -0.39 is 0 Å². The van der Waals surface area contributed by atoms with Gasteiger partial charge >= 0.3 is 0 Å². The number of ether oxygens (including phenoxy) is 1. The van der Waals surface area contributed by atoms with E-state index in [9.17, 15) is 4.79 Å². The fraction of sp³-hybridized carbons (Fsp3) is 0.308. The second kappa shape index (κ2) is 8.65. The maximum absolute atomic E-state index is 12.7. The highest BCUT2D eigenvalue weighted by Crippen LogP contribution is 2.26. The van der Waals surface area contributed by atoms with Gasteiger partial charge in [-0.1, -0.05) is 51.1 Å². The summed E-state index contributed by atoms with van der Waals surface area (Å²) in [5.41, 5.74) is 5.41. The van der Waals surface area contributed by atoms with Crippen LogP contribution in [0.5, 0.6) is 5.75 Å². The minimum Gasteiger partial charge on any atom is -0.497 e. The Hall–Kier alpha value is -3.74. The number of hydrogen-bond donors (Lipinski definition) is 1. The van der Waals surface area contributed by atoms with Crippen molar-refractivity contribution < 1.29 is 9.53 Å². The number of carbonyl (C=O) groups is 1. The van der Waals surface area contributed by atoms with E-state index in [4.69, 9.17) is 4.74 Å². The van der Waals surface area contributed by atoms with E-state index in [1.165, 1.54) is 5.56 Å². The first-order valence-corrected chi connectivity index (χ1v) is 10.9. The van der Waals surface area contributed by atoms with Crippen molar-refractivity contribution >= 4 is 17.4 Å². The number of fused-ring (bicyclic) bond motifs is 1. The Labute approximate surface area is 193 Å². The number of benzene rings is 2. The van der Waals surface area contributed by atoms with E-state index in [2.05, 4.69) is 53.3 Å². The van der Waals surface area contributed by atoms with Crippen LogP contribution in [0.4, 0.5) is 5.69 Å². The Bertz CT molecular complexity index is 1320. The van der Waals surface area contributed by atoms with Crippen LogP contribution in [0.25, 0.3) is 17.2 Å². The minimum absolute atomic E-state index is 0.0838. The Morgan fingerprint density at radius 3 is 2.45 bits per heavy atom. The SMILES string of the molecule is COc1cccc(NC(=O)Cc2c(C)nc3nc(-c4ccc(C(C)(C)C)cc4)nn3c2C)c1. The van der Waals surface area contributed by atoms with Crippen molar-refractivity contribution in [1.29, 1.82) is 0 Å². The number of carbonyl (C=O) groups excluding carboxylic acids is 1. The van der Waals surface area contributed by atoms with Crippen LogP contribution in [0.1, 0.15) is 43.3 Å². The smallest absolute Gasteiger partial charge is 0.253 e. The summed E-state index contributed by atoms with van der Waals surface area (Å²) in [5.74, 6) is 1.70. The third-order valence-corrected chi connectivity index (χ3v) is 5.75. The van der Waals surface area contributed by atoms with Gasteiger partial charge in [-0.15, -0.1) is 5.10 Å². The molecule has 2 aromatic carbocycles. The molecule has 0 aliphatic carbocycles. The first kappa shape index (κ1) is 22.5. The molecule has 0 saturated heterocycles. The number of nitrogens with one attached hydrogen (secondary N) is 1. The molecule has 7 nitrogen and oxygen atoms in total. The van der Waals surface area contributed by atoms with E-state index in [1.54, 1.807) is 17.7 Å². The van der Waals surface area contributed by atoms with Crippen molar-refractivity contribution in [3.63, 3.8) is 0 Å².